The predicted molar refractivity (Wildman–Crippen MR) is 147 cm³/mol. The Hall–Kier alpha value is -3.79. The molecule has 2 aromatic carbocycles. The summed E-state index contributed by atoms with van der Waals surface area (Å²) in [5, 5.41) is 14.5. The molecule has 0 aliphatic carbocycles. The molecule has 6 rings (SSSR count). The molecule has 0 saturated carbocycles. The van der Waals surface area contributed by atoms with E-state index in [1.54, 1.807) is 10.9 Å². The lowest BCUT2D eigenvalue weighted by Crippen LogP contribution is -2.35. The summed E-state index contributed by atoms with van der Waals surface area (Å²) < 4.78 is 13.4. The molecular weight excluding hydrogens is 516 g/mol. The number of tetrazole rings is 1. The SMILES string of the molecule is Cc1ccc2[nH]c(=O)c([C@H](c3nnnn3C[C@@H]3CCCO3)N(Cc3ccc(Cl)cc3)Cc3ccco3)cc2c1. The second kappa shape index (κ2) is 11.1. The van der Waals surface area contributed by atoms with Gasteiger partial charge < -0.3 is 14.1 Å². The fourth-order valence-corrected chi connectivity index (χ4v) is 5.36. The number of aryl methyl sites for hydroxylation is 1. The number of halogens is 1. The summed E-state index contributed by atoms with van der Waals surface area (Å²) in [5.74, 6) is 1.34. The van der Waals surface area contributed by atoms with Crippen molar-refractivity contribution >= 4 is 22.5 Å². The largest absolute Gasteiger partial charge is 0.468 e. The number of benzene rings is 2. The molecule has 3 aromatic heterocycles. The van der Waals surface area contributed by atoms with Crippen LogP contribution in [0.2, 0.25) is 5.02 Å². The van der Waals surface area contributed by atoms with Crippen LogP contribution in [0.4, 0.5) is 0 Å². The highest BCUT2D eigenvalue weighted by Gasteiger charge is 2.32. The van der Waals surface area contributed by atoms with Crippen LogP contribution in [-0.2, 0) is 24.4 Å². The number of aromatic nitrogens is 5. The number of aromatic amines is 1. The van der Waals surface area contributed by atoms with Gasteiger partial charge in [-0.2, -0.15) is 0 Å². The van der Waals surface area contributed by atoms with Crippen LogP contribution < -0.4 is 5.56 Å². The monoisotopic (exact) mass is 544 g/mol. The molecule has 9 nitrogen and oxygen atoms in total. The topological polar surface area (TPSA) is 102 Å². The molecule has 1 aliphatic heterocycles. The van der Waals surface area contributed by atoms with Crippen LogP contribution >= 0.6 is 11.6 Å². The number of rotatable bonds is 9. The van der Waals surface area contributed by atoms with Gasteiger partial charge in [-0.1, -0.05) is 35.4 Å². The van der Waals surface area contributed by atoms with Crippen molar-refractivity contribution in [1.29, 1.82) is 0 Å². The molecule has 1 fully saturated rings. The Morgan fingerprint density at radius 2 is 2.03 bits per heavy atom. The summed E-state index contributed by atoms with van der Waals surface area (Å²) in [4.78, 5) is 18.9. The van der Waals surface area contributed by atoms with E-state index in [0.29, 0.717) is 36.0 Å². The first-order chi connectivity index (χ1) is 19.0. The molecule has 200 valence electrons. The van der Waals surface area contributed by atoms with Crippen molar-refractivity contribution < 1.29 is 9.15 Å². The molecule has 4 heterocycles. The first-order valence-electron chi connectivity index (χ1n) is 13.1. The molecule has 0 unspecified atom stereocenters. The highest BCUT2D eigenvalue weighted by atomic mass is 35.5. The minimum absolute atomic E-state index is 0.0280. The normalized spacial score (nSPS) is 16.3. The minimum Gasteiger partial charge on any atom is -0.468 e. The third-order valence-corrected chi connectivity index (χ3v) is 7.38. The lowest BCUT2D eigenvalue weighted by Gasteiger charge is -2.30. The van der Waals surface area contributed by atoms with Crippen molar-refractivity contribution in [2.45, 2.75) is 51.5 Å². The molecule has 5 aromatic rings. The fraction of sp³-hybridized carbons (Fsp3) is 0.310. The average molecular weight is 545 g/mol. The first kappa shape index (κ1) is 25.5. The highest BCUT2D eigenvalue weighted by molar-refractivity contribution is 6.30. The molecule has 1 aliphatic rings. The molecule has 0 bridgehead atoms. The lowest BCUT2D eigenvalue weighted by atomic mass is 10.0. The smallest absolute Gasteiger partial charge is 0.253 e. The number of ether oxygens (including phenoxy) is 1. The first-order valence-corrected chi connectivity index (χ1v) is 13.4. The van der Waals surface area contributed by atoms with Crippen LogP contribution in [0.15, 0.2) is 76.1 Å². The van der Waals surface area contributed by atoms with E-state index in [1.807, 2.05) is 61.5 Å². The van der Waals surface area contributed by atoms with E-state index in [1.165, 1.54) is 0 Å². The van der Waals surface area contributed by atoms with Crippen LogP contribution in [0.5, 0.6) is 0 Å². The Kier molecular flexibility index (Phi) is 7.28. The van der Waals surface area contributed by atoms with Crippen LogP contribution in [0.1, 0.15) is 47.2 Å². The standard InChI is InChI=1S/C29H29ClN6O3/c1-19-6-11-26-21(14-19)15-25(29(37)31-26)27(28-32-33-34-36(28)18-24-5-3-13-39-24)35(17-23-4-2-12-38-23)16-20-7-9-22(30)10-8-20/h2,4,6-12,14-15,24,27H,3,5,13,16-18H2,1H3,(H,31,37)/t24-,27+/m0/s1. The number of pyridine rings is 1. The van der Waals surface area contributed by atoms with Crippen molar-refractivity contribution in [2.75, 3.05) is 6.61 Å². The fourth-order valence-electron chi connectivity index (χ4n) is 5.23. The molecule has 0 radical (unpaired) electrons. The van der Waals surface area contributed by atoms with E-state index < -0.39 is 6.04 Å². The van der Waals surface area contributed by atoms with Gasteiger partial charge in [-0.25, -0.2) is 4.68 Å². The molecule has 10 heteroatoms. The summed E-state index contributed by atoms with van der Waals surface area (Å²) in [6.45, 7) is 4.21. The molecule has 1 saturated heterocycles. The number of nitrogens with one attached hydrogen (secondary N) is 1. The zero-order valence-electron chi connectivity index (χ0n) is 21.6. The third kappa shape index (κ3) is 5.66. The van der Waals surface area contributed by atoms with E-state index >= 15 is 0 Å². The summed E-state index contributed by atoms with van der Waals surface area (Å²) in [5.41, 5.74) is 3.28. The van der Waals surface area contributed by atoms with Crippen molar-refractivity contribution in [1.82, 2.24) is 30.1 Å². The average Bonchev–Trinajstić information content (AvgIpc) is 3.71. The maximum Gasteiger partial charge on any atom is 0.253 e. The van der Waals surface area contributed by atoms with E-state index in [9.17, 15) is 4.79 Å². The summed E-state index contributed by atoms with van der Waals surface area (Å²) in [6, 6.07) is 18.8. The molecule has 1 N–H and O–H groups in total. The van der Waals surface area contributed by atoms with Gasteiger partial charge in [0.25, 0.3) is 5.56 Å². The second-order valence-electron chi connectivity index (χ2n) is 10.0. The van der Waals surface area contributed by atoms with Crippen molar-refractivity contribution in [3.05, 3.63) is 111 Å². The summed E-state index contributed by atoms with van der Waals surface area (Å²) in [7, 11) is 0. The number of H-pyrrole nitrogens is 1. The predicted octanol–water partition coefficient (Wildman–Crippen LogP) is 5.04. The number of hydrogen-bond acceptors (Lipinski definition) is 7. The Morgan fingerprint density at radius 1 is 1.15 bits per heavy atom. The summed E-state index contributed by atoms with van der Waals surface area (Å²) in [6.07, 6.45) is 3.63. The lowest BCUT2D eigenvalue weighted by molar-refractivity contribution is 0.0901. The Morgan fingerprint density at radius 3 is 2.79 bits per heavy atom. The van der Waals surface area contributed by atoms with Crippen molar-refractivity contribution in [3.63, 3.8) is 0 Å². The van der Waals surface area contributed by atoms with Crippen LogP contribution in [0.3, 0.4) is 0 Å². The van der Waals surface area contributed by atoms with E-state index in [4.69, 9.17) is 20.8 Å². The van der Waals surface area contributed by atoms with Crippen LogP contribution in [0.25, 0.3) is 10.9 Å². The van der Waals surface area contributed by atoms with Crippen molar-refractivity contribution in [2.24, 2.45) is 0 Å². The van der Waals surface area contributed by atoms with Crippen molar-refractivity contribution in [3.8, 4) is 0 Å². The number of hydrogen-bond donors (Lipinski definition) is 1. The molecule has 0 spiro atoms. The van der Waals surface area contributed by atoms with Gasteiger partial charge in [0, 0.05) is 29.3 Å². The van der Waals surface area contributed by atoms with Gasteiger partial charge in [-0.3, -0.25) is 9.69 Å². The van der Waals surface area contributed by atoms with Crippen LogP contribution in [-0.4, -0.2) is 42.8 Å². The second-order valence-corrected chi connectivity index (χ2v) is 10.4. The van der Waals surface area contributed by atoms with E-state index in [0.717, 1.165) is 47.2 Å². The molecule has 0 amide bonds. The minimum atomic E-state index is -0.573. The number of fused-ring (bicyclic) bond motifs is 1. The highest BCUT2D eigenvalue weighted by Crippen LogP contribution is 2.31. The Balaban J connectivity index is 1.50. The Bertz CT molecular complexity index is 1610. The molecule has 2 atom stereocenters. The van der Waals surface area contributed by atoms with Gasteiger partial charge in [0.05, 0.1) is 25.5 Å². The van der Waals surface area contributed by atoms with Gasteiger partial charge >= 0.3 is 0 Å². The number of nitrogens with zero attached hydrogens (tertiary/aromatic N) is 5. The Labute approximate surface area is 230 Å². The molecular formula is C29H29ClN6O3. The van der Waals surface area contributed by atoms with Gasteiger partial charge in [0.2, 0.25) is 0 Å². The van der Waals surface area contributed by atoms with Gasteiger partial charge in [-0.05, 0) is 83.6 Å². The van der Waals surface area contributed by atoms with Gasteiger partial charge in [-0.15, -0.1) is 5.10 Å². The van der Waals surface area contributed by atoms with Gasteiger partial charge in [0.1, 0.15) is 11.8 Å². The number of furan rings is 1. The van der Waals surface area contributed by atoms with Gasteiger partial charge in [0.15, 0.2) is 5.82 Å². The molecule has 39 heavy (non-hydrogen) atoms. The quantitative estimate of drug-likeness (QED) is 0.277. The summed E-state index contributed by atoms with van der Waals surface area (Å²) >= 11 is 6.18. The van der Waals surface area contributed by atoms with E-state index in [-0.39, 0.29) is 11.7 Å². The zero-order chi connectivity index (χ0) is 26.8. The van der Waals surface area contributed by atoms with Crippen LogP contribution in [0, 0.1) is 6.92 Å². The van der Waals surface area contributed by atoms with E-state index in [2.05, 4.69) is 31.5 Å². The zero-order valence-corrected chi connectivity index (χ0v) is 22.3. The maximum atomic E-state index is 13.7. The maximum absolute atomic E-state index is 13.7. The third-order valence-electron chi connectivity index (χ3n) is 7.13.